The molecule has 0 radical (unpaired) electrons. The number of hydroxylamine groups is 1. The number of oxime groups is 1. The number of nitrogens with one attached hydrogen (secondary N) is 2. The van der Waals surface area contributed by atoms with Crippen molar-refractivity contribution in [1.29, 1.82) is 0 Å². The molecule has 9 heteroatoms. The number of benzene rings is 2. The van der Waals surface area contributed by atoms with Gasteiger partial charge in [0.05, 0.1) is 11.3 Å². The molecule has 2 aromatic rings. The Bertz CT molecular complexity index is 911. The molecule has 2 aromatic carbocycles. The Morgan fingerprint density at radius 3 is 2.55 bits per heavy atom. The van der Waals surface area contributed by atoms with Crippen molar-refractivity contribution in [2.75, 3.05) is 14.2 Å². The maximum atomic E-state index is 12.8. The molecule has 0 fully saturated rings. The van der Waals surface area contributed by atoms with Crippen LogP contribution in [0.4, 0.5) is 13.2 Å². The molecule has 0 saturated carbocycles. The van der Waals surface area contributed by atoms with Crippen LogP contribution in [0.15, 0.2) is 60.3 Å². The van der Waals surface area contributed by atoms with Crippen LogP contribution >= 0.6 is 0 Å². The molecule has 1 amide bonds. The summed E-state index contributed by atoms with van der Waals surface area (Å²) in [6.45, 7) is 3.69. The highest BCUT2D eigenvalue weighted by Gasteiger charge is 2.30. The molecular formula is C20H20F3N3O3. The van der Waals surface area contributed by atoms with Crippen LogP contribution in [0.3, 0.4) is 0 Å². The van der Waals surface area contributed by atoms with E-state index in [0.29, 0.717) is 11.1 Å². The highest BCUT2D eigenvalue weighted by molar-refractivity contribution is 6.45. The number of halogens is 3. The molecule has 0 aliphatic carbocycles. The lowest BCUT2D eigenvalue weighted by Gasteiger charge is -2.14. The molecule has 29 heavy (non-hydrogen) atoms. The van der Waals surface area contributed by atoms with Crippen LogP contribution in [0.25, 0.3) is 5.70 Å². The second-order valence-electron chi connectivity index (χ2n) is 5.81. The monoisotopic (exact) mass is 407 g/mol. The summed E-state index contributed by atoms with van der Waals surface area (Å²) in [6, 6.07) is 11.6. The molecule has 0 aromatic heterocycles. The fourth-order valence-corrected chi connectivity index (χ4v) is 2.44. The molecule has 6 nitrogen and oxygen atoms in total. The molecule has 0 aliphatic rings. The highest BCUT2D eigenvalue weighted by Crippen LogP contribution is 2.30. The third-order valence-corrected chi connectivity index (χ3v) is 3.86. The van der Waals surface area contributed by atoms with Gasteiger partial charge in [-0.3, -0.25) is 15.1 Å². The Morgan fingerprint density at radius 1 is 1.17 bits per heavy atom. The van der Waals surface area contributed by atoms with E-state index in [0.717, 1.165) is 12.1 Å². The molecule has 0 atom stereocenters. The molecule has 2 N–H and O–H groups in total. The van der Waals surface area contributed by atoms with Crippen molar-refractivity contribution >= 4 is 17.3 Å². The summed E-state index contributed by atoms with van der Waals surface area (Å²) in [4.78, 5) is 22.2. The Hall–Kier alpha value is -3.33. The number of hydrogen-bond donors (Lipinski definition) is 2. The molecule has 0 unspecified atom stereocenters. The van der Waals surface area contributed by atoms with Gasteiger partial charge in [-0.1, -0.05) is 48.1 Å². The lowest BCUT2D eigenvalue weighted by molar-refractivity contribution is -0.137. The molecule has 154 valence electrons. The van der Waals surface area contributed by atoms with Gasteiger partial charge in [-0.2, -0.15) is 13.2 Å². The number of rotatable bonds is 8. The van der Waals surface area contributed by atoms with E-state index in [1.165, 1.54) is 26.3 Å². The van der Waals surface area contributed by atoms with E-state index >= 15 is 0 Å². The van der Waals surface area contributed by atoms with Crippen LogP contribution in [0.1, 0.15) is 22.3 Å². The van der Waals surface area contributed by atoms with E-state index in [2.05, 4.69) is 22.5 Å². The average molecular weight is 407 g/mol. The van der Waals surface area contributed by atoms with Crippen molar-refractivity contribution in [2.24, 2.45) is 5.16 Å². The number of amides is 1. The first-order valence-electron chi connectivity index (χ1n) is 8.43. The number of hydrogen-bond acceptors (Lipinski definition) is 5. The van der Waals surface area contributed by atoms with E-state index in [-0.39, 0.29) is 23.6 Å². The molecule has 0 saturated heterocycles. The number of carbonyl (C=O) groups is 1. The lowest BCUT2D eigenvalue weighted by atomic mass is 10.0. The molecule has 0 heterocycles. The van der Waals surface area contributed by atoms with Gasteiger partial charge >= 0.3 is 6.18 Å². The van der Waals surface area contributed by atoms with Crippen LogP contribution < -0.4 is 10.8 Å². The summed E-state index contributed by atoms with van der Waals surface area (Å²) >= 11 is 0. The SMILES string of the molecule is C=C(NOCc1ccccc1C(=NOC)C(=O)NC)c1cccc(C(F)(F)F)c1. The van der Waals surface area contributed by atoms with E-state index in [9.17, 15) is 18.0 Å². The quantitative estimate of drug-likeness (QED) is 0.519. The van der Waals surface area contributed by atoms with Gasteiger partial charge in [-0.25, -0.2) is 0 Å². The minimum absolute atomic E-state index is 0.00607. The van der Waals surface area contributed by atoms with Crippen molar-refractivity contribution in [3.8, 4) is 0 Å². The van der Waals surface area contributed by atoms with Gasteiger partial charge in [0.15, 0.2) is 5.71 Å². The highest BCUT2D eigenvalue weighted by atomic mass is 19.4. The van der Waals surface area contributed by atoms with Crippen molar-refractivity contribution in [1.82, 2.24) is 10.8 Å². The Morgan fingerprint density at radius 2 is 1.90 bits per heavy atom. The summed E-state index contributed by atoms with van der Waals surface area (Å²) in [7, 11) is 2.79. The fourth-order valence-electron chi connectivity index (χ4n) is 2.44. The van der Waals surface area contributed by atoms with Gasteiger partial charge in [-0.15, -0.1) is 0 Å². The van der Waals surface area contributed by atoms with Crippen LogP contribution in [0.2, 0.25) is 0 Å². The molecule has 2 rings (SSSR count). The molecule has 0 bridgehead atoms. The topological polar surface area (TPSA) is 71.9 Å². The lowest BCUT2D eigenvalue weighted by Crippen LogP contribution is -2.29. The number of alkyl halides is 3. The summed E-state index contributed by atoms with van der Waals surface area (Å²) in [5.74, 6) is -0.444. The average Bonchev–Trinajstić information content (AvgIpc) is 2.71. The second-order valence-corrected chi connectivity index (χ2v) is 5.81. The van der Waals surface area contributed by atoms with Crippen molar-refractivity contribution in [3.63, 3.8) is 0 Å². The zero-order valence-electron chi connectivity index (χ0n) is 15.8. The number of nitrogens with zero attached hydrogens (tertiary/aromatic N) is 1. The van der Waals surface area contributed by atoms with Gasteiger partial charge in [0.2, 0.25) is 0 Å². The van der Waals surface area contributed by atoms with Crippen LogP contribution in [0, 0.1) is 0 Å². The standard InChI is InChI=1S/C20H20F3N3O3/c1-13(14-8-6-9-16(11-14)20(21,22)23)25-29-12-15-7-4-5-10-17(15)18(26-28-3)19(27)24-2/h4-11,25H,1,12H2,2-3H3,(H,24,27). The van der Waals surface area contributed by atoms with Gasteiger partial charge in [0.25, 0.3) is 5.91 Å². The smallest absolute Gasteiger partial charge is 0.398 e. The van der Waals surface area contributed by atoms with Gasteiger partial charge in [-0.05, 0) is 23.3 Å². The zero-order chi connectivity index (χ0) is 21.4. The number of carbonyl (C=O) groups excluding carboxylic acids is 1. The van der Waals surface area contributed by atoms with Crippen molar-refractivity contribution in [3.05, 3.63) is 77.4 Å². The van der Waals surface area contributed by atoms with Gasteiger partial charge in [0, 0.05) is 12.6 Å². The number of likely N-dealkylation sites (N-methyl/N-ethyl adjacent to an activating group) is 1. The maximum absolute atomic E-state index is 12.8. The fraction of sp³-hybridized carbons (Fsp3) is 0.200. The van der Waals surface area contributed by atoms with Crippen LogP contribution in [-0.2, 0) is 27.3 Å². The first-order chi connectivity index (χ1) is 13.8. The second kappa shape index (κ2) is 9.74. The van der Waals surface area contributed by atoms with E-state index in [1.807, 2.05) is 0 Å². The zero-order valence-corrected chi connectivity index (χ0v) is 15.8. The summed E-state index contributed by atoms with van der Waals surface area (Å²) in [5.41, 5.74) is 3.30. The Balaban J connectivity index is 2.11. The molecule has 0 spiro atoms. The predicted octanol–water partition coefficient (Wildman–Crippen LogP) is 3.49. The van der Waals surface area contributed by atoms with E-state index in [1.54, 1.807) is 24.3 Å². The maximum Gasteiger partial charge on any atom is 0.416 e. The summed E-state index contributed by atoms with van der Waals surface area (Å²) in [5, 5.41) is 6.23. The molecule has 0 aliphatic heterocycles. The third kappa shape index (κ3) is 5.82. The van der Waals surface area contributed by atoms with Crippen molar-refractivity contribution < 1.29 is 27.6 Å². The normalized spacial score (nSPS) is 11.7. The van der Waals surface area contributed by atoms with E-state index in [4.69, 9.17) is 9.68 Å². The van der Waals surface area contributed by atoms with E-state index < -0.39 is 17.6 Å². The van der Waals surface area contributed by atoms with Crippen molar-refractivity contribution in [2.45, 2.75) is 12.8 Å². The predicted molar refractivity (Wildman–Crippen MR) is 102 cm³/mol. The minimum Gasteiger partial charge on any atom is -0.398 e. The minimum atomic E-state index is -4.45. The molecular weight excluding hydrogens is 387 g/mol. The summed E-state index contributed by atoms with van der Waals surface area (Å²) < 4.78 is 38.5. The van der Waals surface area contributed by atoms with Gasteiger partial charge in [0.1, 0.15) is 13.7 Å². The Kier molecular flexibility index (Phi) is 7.38. The van der Waals surface area contributed by atoms with Crippen LogP contribution in [-0.4, -0.2) is 25.8 Å². The largest absolute Gasteiger partial charge is 0.416 e. The summed E-state index contributed by atoms with van der Waals surface area (Å²) in [6.07, 6.45) is -4.45. The Labute approximate surface area is 166 Å². The first kappa shape index (κ1) is 22.0. The van der Waals surface area contributed by atoms with Crippen LogP contribution in [0.5, 0.6) is 0 Å². The van der Waals surface area contributed by atoms with Gasteiger partial charge < -0.3 is 10.2 Å². The first-order valence-corrected chi connectivity index (χ1v) is 8.43. The third-order valence-electron chi connectivity index (χ3n) is 3.86.